The Bertz CT molecular complexity index is 224. The van der Waals surface area contributed by atoms with Crippen LogP contribution in [-0.2, 0) is 9.59 Å². The minimum absolute atomic E-state index is 0.0786. The third-order valence-corrected chi connectivity index (χ3v) is 2.18. The zero-order valence-electron chi connectivity index (χ0n) is 7.63. The van der Waals surface area contributed by atoms with Gasteiger partial charge in [-0.25, -0.2) is 0 Å². The van der Waals surface area contributed by atoms with E-state index in [0.717, 1.165) is 0 Å². The SMILES string of the molecule is CC(C)(C)C(=O)C1CC1C(=O)O. The summed E-state index contributed by atoms with van der Waals surface area (Å²) >= 11 is 0. The van der Waals surface area contributed by atoms with E-state index >= 15 is 0 Å². The molecule has 1 fully saturated rings. The number of carboxylic acids is 1. The molecule has 0 saturated heterocycles. The average molecular weight is 170 g/mol. The van der Waals surface area contributed by atoms with Crippen LogP contribution in [0.3, 0.4) is 0 Å². The predicted octanol–water partition coefficient (Wildman–Crippen LogP) is 1.32. The molecule has 1 rings (SSSR count). The first-order chi connectivity index (χ1) is 5.34. The molecule has 0 amide bonds. The third kappa shape index (κ3) is 1.65. The van der Waals surface area contributed by atoms with Crippen molar-refractivity contribution in [2.24, 2.45) is 17.3 Å². The van der Waals surface area contributed by atoms with E-state index in [0.29, 0.717) is 6.42 Å². The molecular weight excluding hydrogens is 156 g/mol. The smallest absolute Gasteiger partial charge is 0.307 e. The van der Waals surface area contributed by atoms with Gasteiger partial charge in [0.1, 0.15) is 5.78 Å². The number of aliphatic carboxylic acids is 1. The van der Waals surface area contributed by atoms with Gasteiger partial charge < -0.3 is 5.11 Å². The van der Waals surface area contributed by atoms with Gasteiger partial charge in [0.05, 0.1) is 5.92 Å². The molecule has 0 aromatic heterocycles. The summed E-state index contributed by atoms with van der Waals surface area (Å²) in [4.78, 5) is 21.9. The lowest BCUT2D eigenvalue weighted by atomic mass is 9.87. The van der Waals surface area contributed by atoms with Crippen molar-refractivity contribution in [3.63, 3.8) is 0 Å². The van der Waals surface area contributed by atoms with Crippen molar-refractivity contribution in [3.05, 3.63) is 0 Å². The second kappa shape index (κ2) is 2.57. The van der Waals surface area contributed by atoms with Crippen molar-refractivity contribution in [3.8, 4) is 0 Å². The molecule has 2 atom stereocenters. The molecule has 0 aliphatic heterocycles. The lowest BCUT2D eigenvalue weighted by molar-refractivity contribution is -0.140. The first-order valence-electron chi connectivity index (χ1n) is 4.11. The fourth-order valence-electron chi connectivity index (χ4n) is 1.31. The quantitative estimate of drug-likeness (QED) is 0.680. The Labute approximate surface area is 71.8 Å². The number of ketones is 1. The van der Waals surface area contributed by atoms with Crippen molar-refractivity contribution in [1.82, 2.24) is 0 Å². The molecule has 1 N–H and O–H groups in total. The van der Waals surface area contributed by atoms with E-state index in [-0.39, 0.29) is 11.7 Å². The molecule has 0 heterocycles. The highest BCUT2D eigenvalue weighted by Gasteiger charge is 2.50. The number of hydrogen-bond donors (Lipinski definition) is 1. The van der Waals surface area contributed by atoms with Crippen LogP contribution in [0.4, 0.5) is 0 Å². The Morgan fingerprint density at radius 1 is 1.25 bits per heavy atom. The van der Waals surface area contributed by atoms with E-state index in [1.54, 1.807) is 0 Å². The highest BCUT2D eigenvalue weighted by molar-refractivity contribution is 5.93. The van der Waals surface area contributed by atoms with Crippen molar-refractivity contribution in [1.29, 1.82) is 0 Å². The minimum atomic E-state index is -0.836. The van der Waals surface area contributed by atoms with E-state index in [4.69, 9.17) is 5.11 Å². The number of Topliss-reactive ketones (excluding diaryl/α,β-unsaturated/α-hetero) is 1. The number of rotatable bonds is 2. The van der Waals surface area contributed by atoms with Crippen LogP contribution in [0.2, 0.25) is 0 Å². The van der Waals surface area contributed by atoms with Crippen LogP contribution in [0.5, 0.6) is 0 Å². The predicted molar refractivity (Wildman–Crippen MR) is 43.7 cm³/mol. The highest BCUT2D eigenvalue weighted by atomic mass is 16.4. The van der Waals surface area contributed by atoms with Gasteiger partial charge in [0.15, 0.2) is 0 Å². The Morgan fingerprint density at radius 3 is 2.00 bits per heavy atom. The number of hydrogen-bond acceptors (Lipinski definition) is 2. The Hall–Kier alpha value is -0.860. The molecule has 0 bridgehead atoms. The Kier molecular flexibility index (Phi) is 1.98. The third-order valence-electron chi connectivity index (χ3n) is 2.18. The molecule has 1 saturated carbocycles. The zero-order valence-corrected chi connectivity index (χ0v) is 7.63. The van der Waals surface area contributed by atoms with Gasteiger partial charge in [-0.1, -0.05) is 20.8 Å². The maximum atomic E-state index is 11.5. The van der Waals surface area contributed by atoms with Crippen LogP contribution in [0.1, 0.15) is 27.2 Å². The summed E-state index contributed by atoms with van der Waals surface area (Å²) in [7, 11) is 0. The first kappa shape index (κ1) is 9.23. The van der Waals surface area contributed by atoms with Gasteiger partial charge in [-0.3, -0.25) is 9.59 Å². The molecule has 0 spiro atoms. The summed E-state index contributed by atoms with van der Waals surface area (Å²) in [6, 6.07) is 0. The summed E-state index contributed by atoms with van der Waals surface area (Å²) in [6.45, 7) is 5.48. The molecule has 2 unspecified atom stereocenters. The Balaban J connectivity index is 2.55. The van der Waals surface area contributed by atoms with Crippen molar-refractivity contribution < 1.29 is 14.7 Å². The maximum absolute atomic E-state index is 11.5. The first-order valence-corrected chi connectivity index (χ1v) is 4.11. The van der Waals surface area contributed by atoms with Gasteiger partial charge in [-0.15, -0.1) is 0 Å². The fourth-order valence-corrected chi connectivity index (χ4v) is 1.31. The summed E-state index contributed by atoms with van der Waals surface area (Å²) < 4.78 is 0. The van der Waals surface area contributed by atoms with E-state index in [1.165, 1.54) is 0 Å². The van der Waals surface area contributed by atoms with Crippen LogP contribution >= 0.6 is 0 Å². The van der Waals surface area contributed by atoms with Gasteiger partial charge >= 0.3 is 5.97 Å². The monoisotopic (exact) mass is 170 g/mol. The summed E-state index contributed by atoms with van der Waals surface area (Å²) in [6.07, 6.45) is 0.533. The normalized spacial score (nSPS) is 28.2. The summed E-state index contributed by atoms with van der Waals surface area (Å²) in [5, 5.41) is 8.59. The summed E-state index contributed by atoms with van der Waals surface area (Å²) in [5.74, 6) is -1.38. The highest BCUT2D eigenvalue weighted by Crippen LogP contribution is 2.43. The van der Waals surface area contributed by atoms with Crippen LogP contribution in [0.25, 0.3) is 0 Å². The zero-order chi connectivity index (χ0) is 9.52. The molecule has 3 heteroatoms. The van der Waals surface area contributed by atoms with Gasteiger partial charge in [-0.05, 0) is 6.42 Å². The van der Waals surface area contributed by atoms with E-state index in [9.17, 15) is 9.59 Å². The summed E-state index contributed by atoms with van der Waals surface area (Å²) in [5.41, 5.74) is -0.394. The largest absolute Gasteiger partial charge is 0.481 e. The number of carbonyl (C=O) groups excluding carboxylic acids is 1. The van der Waals surface area contributed by atoms with Crippen LogP contribution < -0.4 is 0 Å². The fraction of sp³-hybridized carbons (Fsp3) is 0.778. The van der Waals surface area contributed by atoms with Crippen LogP contribution in [0.15, 0.2) is 0 Å². The van der Waals surface area contributed by atoms with Gasteiger partial charge in [0.25, 0.3) is 0 Å². The molecule has 1 aliphatic carbocycles. The van der Waals surface area contributed by atoms with Crippen molar-refractivity contribution in [2.75, 3.05) is 0 Å². The average Bonchev–Trinajstić information content (AvgIpc) is 2.61. The van der Waals surface area contributed by atoms with Crippen LogP contribution in [-0.4, -0.2) is 16.9 Å². The topological polar surface area (TPSA) is 54.4 Å². The number of carboxylic acid groups (broad SMARTS) is 1. The van der Waals surface area contributed by atoms with E-state index in [1.807, 2.05) is 20.8 Å². The molecule has 12 heavy (non-hydrogen) atoms. The molecule has 0 aromatic rings. The second-order valence-corrected chi connectivity index (χ2v) is 4.40. The molecule has 0 aromatic carbocycles. The lowest BCUT2D eigenvalue weighted by Gasteiger charge is -2.15. The van der Waals surface area contributed by atoms with E-state index in [2.05, 4.69) is 0 Å². The minimum Gasteiger partial charge on any atom is -0.481 e. The maximum Gasteiger partial charge on any atom is 0.307 e. The molecule has 3 nitrogen and oxygen atoms in total. The van der Waals surface area contributed by atoms with Crippen molar-refractivity contribution in [2.45, 2.75) is 27.2 Å². The van der Waals surface area contributed by atoms with Gasteiger partial charge in [0.2, 0.25) is 0 Å². The molecular formula is C9H14O3. The second-order valence-electron chi connectivity index (χ2n) is 4.40. The van der Waals surface area contributed by atoms with Crippen LogP contribution in [0, 0.1) is 17.3 Å². The molecule has 1 aliphatic rings. The van der Waals surface area contributed by atoms with Gasteiger partial charge in [0, 0.05) is 11.3 Å². The standard InChI is InChI=1S/C9H14O3/c1-9(2,3)7(10)5-4-6(5)8(11)12/h5-6H,4H2,1-3H3,(H,11,12). The number of carbonyl (C=O) groups is 2. The van der Waals surface area contributed by atoms with Gasteiger partial charge in [-0.2, -0.15) is 0 Å². The Morgan fingerprint density at radius 2 is 1.75 bits per heavy atom. The van der Waals surface area contributed by atoms with Crippen molar-refractivity contribution >= 4 is 11.8 Å². The molecule has 0 radical (unpaired) electrons. The molecule has 68 valence electrons. The lowest BCUT2D eigenvalue weighted by Crippen LogP contribution is -2.23. The van der Waals surface area contributed by atoms with E-state index < -0.39 is 17.3 Å².